The number of allylic oxidation sites excluding steroid dienone is 1. The fraction of sp³-hybridized carbons (Fsp3) is 0.414. The average molecular weight is 476 g/mol. The smallest absolute Gasteiger partial charge is 0.321 e. The van der Waals surface area contributed by atoms with Crippen LogP contribution in [0, 0.1) is 16.2 Å². The maximum atomic E-state index is 13.8. The molecule has 6 nitrogen and oxygen atoms in total. The van der Waals surface area contributed by atoms with E-state index in [1.54, 1.807) is 0 Å². The van der Waals surface area contributed by atoms with Gasteiger partial charge in [-0.15, -0.1) is 0 Å². The Morgan fingerprint density at radius 3 is 1.71 bits per heavy atom. The maximum absolute atomic E-state index is 13.8. The summed E-state index contributed by atoms with van der Waals surface area (Å²) in [4.78, 5) is 40.4. The number of hydrogen-bond donors (Lipinski definition) is 2. The number of carboxylic acids is 2. The lowest BCUT2D eigenvalue weighted by atomic mass is 9.70. The summed E-state index contributed by atoms with van der Waals surface area (Å²) in [5.74, 6) is -2.73. The van der Waals surface area contributed by atoms with Crippen molar-refractivity contribution in [1.29, 1.82) is 0 Å². The van der Waals surface area contributed by atoms with Crippen molar-refractivity contribution in [3.05, 3.63) is 82.9 Å². The second-order valence-electron chi connectivity index (χ2n) is 11.1. The van der Waals surface area contributed by atoms with E-state index in [-0.39, 0.29) is 31.2 Å². The molecule has 184 valence electrons. The lowest BCUT2D eigenvalue weighted by Gasteiger charge is -2.44. The van der Waals surface area contributed by atoms with E-state index in [9.17, 15) is 24.6 Å². The van der Waals surface area contributed by atoms with Gasteiger partial charge in [0.15, 0.2) is 11.2 Å². The van der Waals surface area contributed by atoms with Crippen molar-refractivity contribution in [3.63, 3.8) is 0 Å². The van der Waals surface area contributed by atoms with Gasteiger partial charge in [-0.05, 0) is 43.2 Å². The van der Waals surface area contributed by atoms with E-state index in [2.05, 4.69) is 29.2 Å². The third-order valence-electron chi connectivity index (χ3n) is 7.95. The summed E-state index contributed by atoms with van der Waals surface area (Å²) in [6.07, 6.45) is -0.234. The molecule has 0 atom stereocenters. The zero-order valence-corrected chi connectivity index (χ0v) is 20.7. The monoisotopic (exact) mass is 475 g/mol. The molecule has 0 amide bonds. The SMILES string of the molecule is CC1(C)CN(C(c2ccccc2)c2ccccc2)CC(=O)C(C)(C)C2=C1CC(C(=O)O)(C(=O)O)C2. The number of benzene rings is 2. The number of aliphatic carboxylic acids is 2. The topological polar surface area (TPSA) is 94.9 Å². The fourth-order valence-corrected chi connectivity index (χ4v) is 5.80. The van der Waals surface area contributed by atoms with Gasteiger partial charge in [0.05, 0.1) is 12.6 Å². The molecular formula is C29H33NO5. The van der Waals surface area contributed by atoms with Gasteiger partial charge >= 0.3 is 11.9 Å². The van der Waals surface area contributed by atoms with Gasteiger partial charge in [0.25, 0.3) is 0 Å². The summed E-state index contributed by atoms with van der Waals surface area (Å²) in [5, 5.41) is 19.9. The quantitative estimate of drug-likeness (QED) is 0.469. The Balaban J connectivity index is 1.85. The van der Waals surface area contributed by atoms with Gasteiger partial charge in [0.1, 0.15) is 0 Å². The molecule has 0 radical (unpaired) electrons. The van der Waals surface area contributed by atoms with Crippen molar-refractivity contribution in [1.82, 2.24) is 4.90 Å². The largest absolute Gasteiger partial charge is 0.480 e. The lowest BCUT2D eigenvalue weighted by Crippen LogP contribution is -2.47. The second-order valence-corrected chi connectivity index (χ2v) is 11.1. The molecule has 6 heteroatoms. The van der Waals surface area contributed by atoms with Crippen LogP contribution in [0.3, 0.4) is 0 Å². The summed E-state index contributed by atoms with van der Waals surface area (Å²) in [6, 6.07) is 19.9. The molecule has 1 aliphatic carbocycles. The first-order valence-electron chi connectivity index (χ1n) is 12.0. The molecule has 1 heterocycles. The van der Waals surface area contributed by atoms with Crippen molar-refractivity contribution in [2.24, 2.45) is 16.2 Å². The van der Waals surface area contributed by atoms with Crippen LogP contribution in [0.1, 0.15) is 57.7 Å². The molecule has 0 aromatic heterocycles. The lowest BCUT2D eigenvalue weighted by molar-refractivity contribution is -0.164. The van der Waals surface area contributed by atoms with Gasteiger partial charge in [-0.1, -0.05) is 85.7 Å². The Labute approximate surface area is 206 Å². The first-order valence-corrected chi connectivity index (χ1v) is 12.0. The van der Waals surface area contributed by atoms with Gasteiger partial charge in [0, 0.05) is 12.0 Å². The van der Waals surface area contributed by atoms with E-state index in [0.717, 1.165) is 16.7 Å². The highest BCUT2D eigenvalue weighted by molar-refractivity contribution is 6.00. The number of ketones is 1. The number of rotatable bonds is 5. The van der Waals surface area contributed by atoms with E-state index in [1.807, 2.05) is 64.1 Å². The number of carbonyl (C=O) groups excluding carboxylic acids is 1. The summed E-state index contributed by atoms with van der Waals surface area (Å²) in [7, 11) is 0. The van der Waals surface area contributed by atoms with Crippen LogP contribution in [0.4, 0.5) is 0 Å². The minimum Gasteiger partial charge on any atom is -0.480 e. The van der Waals surface area contributed by atoms with Gasteiger partial charge in [-0.2, -0.15) is 0 Å². The molecule has 2 aliphatic rings. The molecule has 0 saturated carbocycles. The maximum Gasteiger partial charge on any atom is 0.321 e. The molecule has 4 rings (SSSR count). The van der Waals surface area contributed by atoms with Crippen LogP contribution in [0.2, 0.25) is 0 Å². The average Bonchev–Trinajstić information content (AvgIpc) is 3.24. The van der Waals surface area contributed by atoms with Gasteiger partial charge in [-0.25, -0.2) is 0 Å². The Hall–Kier alpha value is -3.25. The van der Waals surface area contributed by atoms with E-state index in [1.165, 1.54) is 0 Å². The summed E-state index contributed by atoms with van der Waals surface area (Å²) < 4.78 is 0. The molecule has 1 aliphatic heterocycles. The summed E-state index contributed by atoms with van der Waals surface area (Å²) in [6.45, 7) is 8.35. The second kappa shape index (κ2) is 8.76. The standard InChI is InChI=1S/C29H33NO5/c1-27(2)18-30(24(19-11-7-5-8-12-19)20-13-9-6-10-14-20)17-23(31)28(3,4)22-16-29(25(32)33,26(34)35)15-21(22)27/h5-14,24H,15-18H2,1-4H3,(H,32,33)(H,34,35). The first-order chi connectivity index (χ1) is 16.4. The van der Waals surface area contributed by atoms with Crippen molar-refractivity contribution < 1.29 is 24.6 Å². The summed E-state index contributed by atoms with van der Waals surface area (Å²) in [5.41, 5.74) is 0.126. The highest BCUT2D eigenvalue weighted by atomic mass is 16.4. The number of nitrogens with zero attached hydrogens (tertiary/aromatic N) is 1. The van der Waals surface area contributed by atoms with Gasteiger partial charge in [-0.3, -0.25) is 19.3 Å². The molecule has 2 N–H and O–H groups in total. The summed E-state index contributed by atoms with van der Waals surface area (Å²) >= 11 is 0. The van der Waals surface area contributed by atoms with Crippen molar-refractivity contribution >= 4 is 17.7 Å². The third-order valence-corrected chi connectivity index (χ3v) is 7.95. The van der Waals surface area contributed by atoms with Gasteiger partial charge < -0.3 is 10.2 Å². The Kier molecular flexibility index (Phi) is 6.22. The number of carboxylic acid groups (broad SMARTS) is 2. The third kappa shape index (κ3) is 4.20. The van der Waals surface area contributed by atoms with Crippen LogP contribution in [-0.4, -0.2) is 45.9 Å². The fourth-order valence-electron chi connectivity index (χ4n) is 5.80. The minimum absolute atomic E-state index is 0.0380. The zero-order valence-electron chi connectivity index (χ0n) is 20.7. The number of Topliss-reactive ketones (excluding diaryl/α,β-unsaturated/α-hetero) is 1. The Morgan fingerprint density at radius 1 is 0.800 bits per heavy atom. The molecular weight excluding hydrogens is 442 g/mol. The highest BCUT2D eigenvalue weighted by Gasteiger charge is 2.58. The molecule has 2 aromatic carbocycles. The van der Waals surface area contributed by atoms with E-state index >= 15 is 0 Å². The molecule has 0 fully saturated rings. The predicted octanol–water partition coefficient (Wildman–Crippen LogP) is 4.96. The molecule has 0 spiro atoms. The van der Waals surface area contributed by atoms with Crippen LogP contribution in [0.5, 0.6) is 0 Å². The van der Waals surface area contributed by atoms with Gasteiger partial charge in [0.2, 0.25) is 0 Å². The van der Waals surface area contributed by atoms with Crippen molar-refractivity contribution in [2.45, 2.75) is 46.6 Å². The molecule has 2 aromatic rings. The van der Waals surface area contributed by atoms with E-state index in [4.69, 9.17) is 0 Å². The number of hydrogen-bond acceptors (Lipinski definition) is 4. The van der Waals surface area contributed by atoms with E-state index < -0.39 is 28.2 Å². The van der Waals surface area contributed by atoms with Crippen molar-refractivity contribution in [3.8, 4) is 0 Å². The minimum atomic E-state index is -1.94. The Morgan fingerprint density at radius 2 is 1.26 bits per heavy atom. The molecule has 0 saturated heterocycles. The first kappa shape index (κ1) is 24.9. The molecule has 0 bridgehead atoms. The van der Waals surface area contributed by atoms with Crippen LogP contribution >= 0.6 is 0 Å². The van der Waals surface area contributed by atoms with Crippen LogP contribution in [0.15, 0.2) is 71.8 Å². The van der Waals surface area contributed by atoms with Crippen LogP contribution < -0.4 is 0 Å². The van der Waals surface area contributed by atoms with Crippen LogP contribution in [-0.2, 0) is 14.4 Å². The van der Waals surface area contributed by atoms with Crippen LogP contribution in [0.25, 0.3) is 0 Å². The number of carbonyl (C=O) groups is 3. The normalized spacial score (nSPS) is 21.3. The molecule has 35 heavy (non-hydrogen) atoms. The predicted molar refractivity (Wildman–Crippen MR) is 133 cm³/mol. The van der Waals surface area contributed by atoms with Crippen molar-refractivity contribution in [2.75, 3.05) is 13.1 Å². The molecule has 0 unspecified atom stereocenters. The highest BCUT2D eigenvalue weighted by Crippen LogP contribution is 2.55. The zero-order chi connectivity index (χ0) is 25.6. The van der Waals surface area contributed by atoms with E-state index in [0.29, 0.717) is 12.1 Å². The Bertz CT molecular complexity index is 1130.